The van der Waals surface area contributed by atoms with Crippen molar-refractivity contribution in [1.82, 2.24) is 4.90 Å². The molecule has 0 aromatic rings. The van der Waals surface area contributed by atoms with Gasteiger partial charge in [-0.2, -0.15) is 12.6 Å². The van der Waals surface area contributed by atoms with Gasteiger partial charge in [0.05, 0.1) is 0 Å². The summed E-state index contributed by atoms with van der Waals surface area (Å²) in [6.45, 7) is 1.15. The molecule has 0 saturated carbocycles. The average Bonchev–Trinajstić information content (AvgIpc) is 2.73. The van der Waals surface area contributed by atoms with Gasteiger partial charge in [0.2, 0.25) is 0 Å². The average molecular weight is 255 g/mol. The molecule has 1 unspecified atom stereocenters. The Morgan fingerprint density at radius 3 is 2.12 bits per heavy atom. The van der Waals surface area contributed by atoms with Gasteiger partial charge in [-0.3, -0.25) is 4.90 Å². The summed E-state index contributed by atoms with van der Waals surface area (Å²) >= 11 is 4.23. The Morgan fingerprint density at radius 2 is 1.59 bits per heavy atom. The van der Waals surface area contributed by atoms with Crippen molar-refractivity contribution < 1.29 is 0 Å². The van der Waals surface area contributed by atoms with Gasteiger partial charge in [0.15, 0.2) is 0 Å². The van der Waals surface area contributed by atoms with Crippen LogP contribution in [0, 0.1) is 0 Å². The lowest BCUT2D eigenvalue weighted by Gasteiger charge is -2.18. The molecule has 0 saturated heterocycles. The molecule has 1 aliphatic heterocycles. The van der Waals surface area contributed by atoms with E-state index in [1.54, 1.807) is 0 Å². The van der Waals surface area contributed by atoms with Crippen LogP contribution in [-0.4, -0.2) is 30.3 Å². The summed E-state index contributed by atoms with van der Waals surface area (Å²) in [5.41, 5.74) is 0. The normalized spacial score (nSPS) is 20.2. The van der Waals surface area contributed by atoms with Gasteiger partial charge in [-0.15, -0.1) is 0 Å². The van der Waals surface area contributed by atoms with Crippen molar-refractivity contribution in [3.05, 3.63) is 12.2 Å². The van der Waals surface area contributed by atoms with Crippen LogP contribution in [0.15, 0.2) is 12.2 Å². The molecule has 1 nitrogen and oxygen atoms in total. The predicted octanol–water partition coefficient (Wildman–Crippen LogP) is 4.30. The maximum absolute atomic E-state index is 4.23. The van der Waals surface area contributed by atoms with Crippen LogP contribution < -0.4 is 0 Å². The zero-order valence-corrected chi connectivity index (χ0v) is 12.3. The van der Waals surface area contributed by atoms with E-state index in [1.807, 2.05) is 0 Å². The molecule has 1 aliphatic rings. The molecule has 0 aliphatic carbocycles. The van der Waals surface area contributed by atoms with Gasteiger partial charge in [0.1, 0.15) is 0 Å². The molecular formula is C15H29NS. The quantitative estimate of drug-likeness (QED) is 0.346. The third-order valence-corrected chi connectivity index (χ3v) is 4.04. The van der Waals surface area contributed by atoms with E-state index < -0.39 is 0 Å². The first kappa shape index (κ1) is 15.1. The van der Waals surface area contributed by atoms with Crippen molar-refractivity contribution in [3.63, 3.8) is 0 Å². The van der Waals surface area contributed by atoms with Gasteiger partial charge in [-0.05, 0) is 25.6 Å². The topological polar surface area (TPSA) is 3.24 Å². The van der Waals surface area contributed by atoms with Crippen LogP contribution in [0.5, 0.6) is 0 Å². The fourth-order valence-electron chi connectivity index (χ4n) is 2.51. The Bertz CT molecular complexity index is 203. The van der Waals surface area contributed by atoms with Crippen LogP contribution in [0.1, 0.15) is 57.8 Å². The van der Waals surface area contributed by atoms with Gasteiger partial charge in [0.25, 0.3) is 0 Å². The Morgan fingerprint density at radius 1 is 1.00 bits per heavy atom. The van der Waals surface area contributed by atoms with Crippen molar-refractivity contribution in [2.24, 2.45) is 0 Å². The number of thiol groups is 1. The molecule has 17 heavy (non-hydrogen) atoms. The smallest absolute Gasteiger partial charge is 0.0278 e. The van der Waals surface area contributed by atoms with Crippen LogP contribution in [0.2, 0.25) is 0 Å². The monoisotopic (exact) mass is 255 g/mol. The molecule has 1 heterocycles. The Hall–Kier alpha value is 0.0500. The summed E-state index contributed by atoms with van der Waals surface area (Å²) < 4.78 is 0. The Balaban J connectivity index is 1.80. The Labute approximate surface area is 113 Å². The SMILES string of the molecule is CN1CC=CC1CCCCCCCCCCS. The largest absolute Gasteiger partial charge is 0.296 e. The zero-order chi connectivity index (χ0) is 12.3. The summed E-state index contributed by atoms with van der Waals surface area (Å²) in [6.07, 6.45) is 17.2. The van der Waals surface area contributed by atoms with Crippen LogP contribution in [-0.2, 0) is 0 Å². The summed E-state index contributed by atoms with van der Waals surface area (Å²) in [6, 6.07) is 0.727. The van der Waals surface area contributed by atoms with Gasteiger partial charge < -0.3 is 0 Å². The maximum atomic E-state index is 4.23. The third kappa shape index (κ3) is 7.15. The number of nitrogens with zero attached hydrogens (tertiary/aromatic N) is 1. The van der Waals surface area contributed by atoms with E-state index >= 15 is 0 Å². The highest BCUT2D eigenvalue weighted by molar-refractivity contribution is 7.80. The van der Waals surface area contributed by atoms with Crippen molar-refractivity contribution >= 4 is 12.6 Å². The summed E-state index contributed by atoms with van der Waals surface area (Å²) in [4.78, 5) is 2.44. The molecule has 2 heteroatoms. The lowest BCUT2D eigenvalue weighted by atomic mass is 10.0. The van der Waals surface area contributed by atoms with Gasteiger partial charge >= 0.3 is 0 Å². The highest BCUT2D eigenvalue weighted by atomic mass is 32.1. The van der Waals surface area contributed by atoms with Crippen LogP contribution in [0.3, 0.4) is 0 Å². The van der Waals surface area contributed by atoms with E-state index in [9.17, 15) is 0 Å². The van der Waals surface area contributed by atoms with Crippen molar-refractivity contribution in [3.8, 4) is 0 Å². The summed E-state index contributed by atoms with van der Waals surface area (Å²) in [5, 5.41) is 0. The number of rotatable bonds is 10. The molecule has 0 N–H and O–H groups in total. The highest BCUT2D eigenvalue weighted by Gasteiger charge is 2.13. The van der Waals surface area contributed by atoms with Crippen LogP contribution in [0.25, 0.3) is 0 Å². The van der Waals surface area contributed by atoms with Crippen molar-refractivity contribution in [1.29, 1.82) is 0 Å². The van der Waals surface area contributed by atoms with Gasteiger partial charge in [-0.1, -0.05) is 57.1 Å². The Kier molecular flexibility index (Phi) is 8.90. The number of hydrogen-bond acceptors (Lipinski definition) is 2. The molecule has 0 spiro atoms. The second-order valence-corrected chi connectivity index (χ2v) is 5.72. The van der Waals surface area contributed by atoms with E-state index in [-0.39, 0.29) is 0 Å². The fraction of sp³-hybridized carbons (Fsp3) is 0.867. The van der Waals surface area contributed by atoms with E-state index in [1.165, 1.54) is 57.8 Å². The van der Waals surface area contributed by atoms with E-state index in [4.69, 9.17) is 0 Å². The molecule has 1 atom stereocenters. The third-order valence-electron chi connectivity index (χ3n) is 3.73. The first-order chi connectivity index (χ1) is 8.34. The minimum absolute atomic E-state index is 0.727. The van der Waals surface area contributed by atoms with Crippen molar-refractivity contribution in [2.45, 2.75) is 63.8 Å². The molecule has 0 radical (unpaired) electrons. The highest BCUT2D eigenvalue weighted by Crippen LogP contribution is 2.16. The van der Waals surface area contributed by atoms with Crippen LogP contribution >= 0.6 is 12.6 Å². The fourth-order valence-corrected chi connectivity index (χ4v) is 2.73. The molecule has 1 rings (SSSR count). The standard InChI is InChI=1S/C15H29NS/c1-16-13-10-12-15(16)11-8-6-4-2-3-5-7-9-14-17/h10,12,15,17H,2-9,11,13-14H2,1H3. The number of unbranched alkanes of at least 4 members (excludes halogenated alkanes) is 7. The minimum atomic E-state index is 0.727. The van der Waals surface area contributed by atoms with Gasteiger partial charge in [0, 0.05) is 12.6 Å². The van der Waals surface area contributed by atoms with Crippen molar-refractivity contribution in [2.75, 3.05) is 19.3 Å². The zero-order valence-electron chi connectivity index (χ0n) is 11.4. The molecule has 100 valence electrons. The second-order valence-electron chi connectivity index (χ2n) is 5.28. The minimum Gasteiger partial charge on any atom is -0.296 e. The molecule has 0 amide bonds. The number of likely N-dealkylation sites (N-methyl/N-ethyl adjacent to an activating group) is 1. The lowest BCUT2D eigenvalue weighted by molar-refractivity contribution is 0.311. The van der Waals surface area contributed by atoms with E-state index in [0.717, 1.165) is 18.3 Å². The molecule has 0 bridgehead atoms. The second kappa shape index (κ2) is 10.0. The first-order valence-corrected chi connectivity index (χ1v) is 7.95. The lowest BCUT2D eigenvalue weighted by Crippen LogP contribution is -2.25. The molecule has 0 aromatic heterocycles. The van der Waals surface area contributed by atoms with E-state index in [0.29, 0.717) is 0 Å². The molecular weight excluding hydrogens is 226 g/mol. The van der Waals surface area contributed by atoms with E-state index in [2.05, 4.69) is 36.7 Å². The molecule has 0 fully saturated rings. The number of hydrogen-bond donors (Lipinski definition) is 1. The van der Waals surface area contributed by atoms with Gasteiger partial charge in [-0.25, -0.2) is 0 Å². The van der Waals surface area contributed by atoms with Crippen LogP contribution in [0.4, 0.5) is 0 Å². The first-order valence-electron chi connectivity index (χ1n) is 7.32. The summed E-state index contributed by atoms with van der Waals surface area (Å²) in [7, 11) is 2.23. The maximum Gasteiger partial charge on any atom is 0.0278 e. The predicted molar refractivity (Wildman–Crippen MR) is 81.0 cm³/mol. The molecule has 0 aromatic carbocycles. The summed E-state index contributed by atoms with van der Waals surface area (Å²) in [5.74, 6) is 1.06.